The van der Waals surface area contributed by atoms with Crippen molar-refractivity contribution in [2.75, 3.05) is 4.90 Å². The van der Waals surface area contributed by atoms with Crippen molar-refractivity contribution >= 4 is 76.5 Å². The summed E-state index contributed by atoms with van der Waals surface area (Å²) in [6, 6.07) is 63.7. The molecule has 1 aliphatic heterocycles. The van der Waals surface area contributed by atoms with Crippen LogP contribution in [0.15, 0.2) is 182 Å². The quantitative estimate of drug-likeness (QED) is 0.167. The van der Waals surface area contributed by atoms with Crippen LogP contribution in [0, 0.1) is 5.41 Å². The van der Waals surface area contributed by atoms with Gasteiger partial charge in [0.1, 0.15) is 24.0 Å². The molecule has 3 aromatic heterocycles. The molecule has 0 N–H and O–H groups in total. The zero-order chi connectivity index (χ0) is 54.8. The fraction of sp³-hybridized carbons (Fsp3) is 0.254. The fourth-order valence-electron chi connectivity index (χ4n) is 11.5. The summed E-state index contributed by atoms with van der Waals surface area (Å²) in [6.45, 7) is 26.7. The number of ether oxygens (including phenoxy) is 1. The number of rotatable bonds is 6. The van der Waals surface area contributed by atoms with Crippen molar-refractivity contribution in [1.29, 1.82) is 0 Å². The second-order valence-electron chi connectivity index (χ2n) is 25.1. The van der Waals surface area contributed by atoms with E-state index in [1.807, 2.05) is 33.0 Å². The molecule has 0 bridgehead atoms. The largest absolute Gasteiger partial charge is 0.457 e. The molecule has 380 valence electrons. The van der Waals surface area contributed by atoms with Gasteiger partial charge in [-0.15, -0.1) is 0 Å². The van der Waals surface area contributed by atoms with Crippen LogP contribution in [0.2, 0.25) is 0 Å². The van der Waals surface area contributed by atoms with Crippen molar-refractivity contribution in [2.45, 2.75) is 112 Å². The number of aromatic nitrogens is 3. The van der Waals surface area contributed by atoms with E-state index >= 15 is 0 Å². The SMILES string of the molecule is [2H]C([2H])(c1cc(-c2cccc3c4ccccc4c4ccccc4c4cccc5c4n(c23)CN5c2cccc(Oc3ccc4c5cc(C(C)(C)C)ccc5n(-c5cc(C(C)(C)C)ccn5)c4c3)c2)cc(C(C)(C)C)c1)C(C)(C)C. The lowest BCUT2D eigenvalue weighted by Crippen LogP contribution is -2.15. The Morgan fingerprint density at radius 3 is 1.75 bits per heavy atom. The van der Waals surface area contributed by atoms with Crippen LogP contribution in [0.5, 0.6) is 11.5 Å². The van der Waals surface area contributed by atoms with E-state index in [-0.39, 0.29) is 16.2 Å². The van der Waals surface area contributed by atoms with Gasteiger partial charge in [-0.1, -0.05) is 192 Å². The molecule has 11 aromatic rings. The Morgan fingerprint density at radius 2 is 1.08 bits per heavy atom. The maximum Gasteiger partial charge on any atom is 0.137 e. The van der Waals surface area contributed by atoms with E-state index in [0.29, 0.717) is 12.2 Å². The smallest absolute Gasteiger partial charge is 0.137 e. The van der Waals surface area contributed by atoms with Crippen LogP contribution in [-0.2, 0) is 29.3 Å². The number of anilines is 2. The van der Waals surface area contributed by atoms with Gasteiger partial charge in [-0.2, -0.15) is 0 Å². The van der Waals surface area contributed by atoms with E-state index in [4.69, 9.17) is 9.72 Å². The molecule has 0 atom stereocenters. The fourth-order valence-corrected chi connectivity index (χ4v) is 11.5. The van der Waals surface area contributed by atoms with E-state index in [2.05, 4.69) is 246 Å². The Balaban J connectivity index is 1.06. The number of fused-ring (bicyclic) bond motifs is 10. The molecular formula is C71H70N4O. The third kappa shape index (κ3) is 8.74. The van der Waals surface area contributed by atoms with Crippen molar-refractivity contribution in [3.05, 3.63) is 204 Å². The van der Waals surface area contributed by atoms with Crippen molar-refractivity contribution in [3.8, 4) is 28.4 Å². The molecule has 0 unspecified atom stereocenters. The summed E-state index contributed by atoms with van der Waals surface area (Å²) in [6.07, 6.45) is 0.326. The Bertz CT molecular complexity index is 4300. The van der Waals surface area contributed by atoms with Crippen LogP contribution in [0.25, 0.3) is 82.1 Å². The van der Waals surface area contributed by atoms with Crippen LogP contribution >= 0.6 is 0 Å². The van der Waals surface area contributed by atoms with E-state index in [0.717, 1.165) is 89.0 Å². The second kappa shape index (κ2) is 17.9. The maximum atomic E-state index is 9.61. The van der Waals surface area contributed by atoms with Crippen LogP contribution in [0.4, 0.5) is 11.4 Å². The molecule has 1 aliphatic rings. The minimum Gasteiger partial charge on any atom is -0.457 e. The highest BCUT2D eigenvalue weighted by Crippen LogP contribution is 2.46. The van der Waals surface area contributed by atoms with Gasteiger partial charge in [0.25, 0.3) is 0 Å². The first-order valence-electron chi connectivity index (χ1n) is 28.0. The van der Waals surface area contributed by atoms with Crippen molar-refractivity contribution in [3.63, 3.8) is 0 Å². The summed E-state index contributed by atoms with van der Waals surface area (Å²) >= 11 is 0. The molecular weight excluding hydrogens is 925 g/mol. The monoisotopic (exact) mass is 997 g/mol. The average molecular weight is 997 g/mol. The van der Waals surface area contributed by atoms with E-state index in [1.54, 1.807) is 0 Å². The third-order valence-corrected chi connectivity index (χ3v) is 15.3. The van der Waals surface area contributed by atoms with Gasteiger partial charge >= 0.3 is 0 Å². The van der Waals surface area contributed by atoms with Gasteiger partial charge in [-0.25, -0.2) is 4.98 Å². The topological polar surface area (TPSA) is 35.2 Å². The summed E-state index contributed by atoms with van der Waals surface area (Å²) < 4.78 is 31.0. The minimum atomic E-state index is -1.61. The summed E-state index contributed by atoms with van der Waals surface area (Å²) in [4.78, 5) is 7.40. The molecule has 76 heavy (non-hydrogen) atoms. The highest BCUT2D eigenvalue weighted by Gasteiger charge is 2.28. The lowest BCUT2D eigenvalue weighted by molar-refractivity contribution is 0.411. The molecule has 12 rings (SSSR count). The molecule has 0 fully saturated rings. The number of pyridine rings is 1. The van der Waals surface area contributed by atoms with E-state index in [9.17, 15) is 2.74 Å². The highest BCUT2D eigenvalue weighted by atomic mass is 16.5. The van der Waals surface area contributed by atoms with E-state index < -0.39 is 11.8 Å². The minimum absolute atomic E-state index is 0.0143. The molecule has 0 saturated heterocycles. The Morgan fingerprint density at radius 1 is 0.474 bits per heavy atom. The molecule has 0 spiro atoms. The first-order valence-corrected chi connectivity index (χ1v) is 27.0. The Hall–Kier alpha value is -7.89. The Labute approximate surface area is 451 Å². The summed E-state index contributed by atoms with van der Waals surface area (Å²) in [5.74, 6) is 2.35. The van der Waals surface area contributed by atoms with Gasteiger partial charge in [-0.3, -0.25) is 4.57 Å². The van der Waals surface area contributed by atoms with Crippen molar-refractivity contribution in [2.24, 2.45) is 5.41 Å². The Kier molecular flexibility index (Phi) is 11.0. The predicted molar refractivity (Wildman–Crippen MR) is 324 cm³/mol. The second-order valence-corrected chi connectivity index (χ2v) is 25.1. The lowest BCUT2D eigenvalue weighted by atomic mass is 9.81. The molecule has 5 heteroatoms. The van der Waals surface area contributed by atoms with Crippen LogP contribution in [-0.4, -0.2) is 14.1 Å². The first kappa shape index (κ1) is 46.6. The summed E-state index contributed by atoms with van der Waals surface area (Å²) in [7, 11) is 0. The van der Waals surface area contributed by atoms with Crippen molar-refractivity contribution in [1.82, 2.24) is 14.1 Å². The predicted octanol–water partition coefficient (Wildman–Crippen LogP) is 19.8. The highest BCUT2D eigenvalue weighted by molar-refractivity contribution is 6.22. The maximum absolute atomic E-state index is 9.61. The molecule has 0 radical (unpaired) electrons. The molecule has 5 nitrogen and oxygen atoms in total. The third-order valence-electron chi connectivity index (χ3n) is 15.3. The van der Waals surface area contributed by atoms with E-state index in [1.165, 1.54) is 32.7 Å². The molecule has 0 aliphatic carbocycles. The molecule has 0 saturated carbocycles. The van der Waals surface area contributed by atoms with Gasteiger partial charge in [-0.05, 0) is 132 Å². The van der Waals surface area contributed by atoms with Crippen molar-refractivity contribution < 1.29 is 7.48 Å². The molecule has 0 amide bonds. The summed E-state index contributed by atoms with van der Waals surface area (Å²) in [5.41, 5.74) is 11.8. The van der Waals surface area contributed by atoms with Gasteiger partial charge in [0.15, 0.2) is 0 Å². The number of benzene rings is 8. The zero-order valence-corrected chi connectivity index (χ0v) is 46.2. The average Bonchev–Trinajstić information content (AvgIpc) is 4.20. The number of hydrogen-bond donors (Lipinski definition) is 0. The van der Waals surface area contributed by atoms with Gasteiger partial charge in [0.2, 0.25) is 0 Å². The van der Waals surface area contributed by atoms with Crippen LogP contribution in [0.3, 0.4) is 0 Å². The lowest BCUT2D eigenvalue weighted by Gasteiger charge is -2.25. The van der Waals surface area contributed by atoms with Gasteiger partial charge in [0, 0.05) is 53.9 Å². The molecule has 4 heterocycles. The van der Waals surface area contributed by atoms with Crippen LogP contribution in [0.1, 0.15) is 108 Å². The number of hydrogen-bond acceptors (Lipinski definition) is 3. The van der Waals surface area contributed by atoms with Gasteiger partial charge in [0.05, 0.1) is 27.8 Å². The standard InChI is InChI=1S/C71H70N4O/c1-68(2,3)43-45-36-46(38-49(37-45)71(10,11)12)53-26-18-27-59-56-24-15-13-22-54(56)55-23-14-16-25-57(55)60-28-19-29-63-67(60)74(66(53)59)44-73(63)50-20-17-21-51(41-50)76-52-31-32-58-61-39-47(69(4,5)6)30-33-62(61)75(64(58)42-52)65-40-48(34-35-72-65)70(7,8)9/h13-42H,43-44H2,1-12H3/i43D2. The summed E-state index contributed by atoms with van der Waals surface area (Å²) in [5, 5.41) is 9.25. The normalized spacial score (nSPS) is 13.8. The zero-order valence-electron chi connectivity index (χ0n) is 48.2. The number of para-hydroxylation sites is 2. The number of nitrogens with zero attached hydrogens (tertiary/aromatic N) is 4. The van der Waals surface area contributed by atoms with Crippen LogP contribution < -0.4 is 9.64 Å². The first-order chi connectivity index (χ1) is 37.0. The van der Waals surface area contributed by atoms with Gasteiger partial charge < -0.3 is 14.2 Å². The molecule has 8 aromatic carbocycles.